The molecule has 2 heterocycles. The number of hydrogen-bond donors (Lipinski definition) is 2. The van der Waals surface area contributed by atoms with E-state index in [1.807, 2.05) is 31.2 Å². The number of aromatic nitrogens is 4. The number of fused-ring (bicyclic) bond motifs is 1. The highest BCUT2D eigenvalue weighted by atomic mass is 15.1. The summed E-state index contributed by atoms with van der Waals surface area (Å²) in [5.41, 5.74) is 3.40. The van der Waals surface area contributed by atoms with Crippen LogP contribution < -0.4 is 10.6 Å². The molecule has 0 fully saturated rings. The van der Waals surface area contributed by atoms with Gasteiger partial charge in [0.1, 0.15) is 17.4 Å². The fourth-order valence-corrected chi connectivity index (χ4v) is 2.02. The van der Waals surface area contributed by atoms with Crippen LogP contribution in [0, 0.1) is 19.3 Å². The topological polar surface area (TPSA) is 75.6 Å². The van der Waals surface area contributed by atoms with Gasteiger partial charge in [0.25, 0.3) is 0 Å². The first-order chi connectivity index (χ1) is 10.8. The summed E-state index contributed by atoms with van der Waals surface area (Å²) in [6, 6.07) is 8.02. The van der Waals surface area contributed by atoms with E-state index in [-0.39, 0.29) is 0 Å². The summed E-state index contributed by atoms with van der Waals surface area (Å²) in [5, 5.41) is 6.21. The first-order valence-electron chi connectivity index (χ1n) is 6.75. The minimum atomic E-state index is 0.361. The predicted octanol–water partition coefficient (Wildman–Crippen LogP) is 2.52. The first kappa shape index (κ1) is 13.8. The number of nitrogens with one attached hydrogen (secondary N) is 2. The molecular weight excluding hydrogens is 276 g/mol. The molecule has 0 amide bonds. The molecule has 0 unspecified atom stereocenters. The molecule has 6 heteroatoms. The highest BCUT2D eigenvalue weighted by Crippen LogP contribution is 2.22. The quantitative estimate of drug-likeness (QED) is 0.719. The van der Waals surface area contributed by atoms with Crippen molar-refractivity contribution < 1.29 is 0 Å². The molecule has 0 atom stereocenters. The molecule has 1 aromatic carbocycles. The monoisotopic (exact) mass is 290 g/mol. The van der Waals surface area contributed by atoms with Gasteiger partial charge in [-0.2, -0.15) is 0 Å². The van der Waals surface area contributed by atoms with Crippen LogP contribution in [0.2, 0.25) is 0 Å². The maximum absolute atomic E-state index is 5.23. The molecule has 0 aliphatic heterocycles. The summed E-state index contributed by atoms with van der Waals surface area (Å²) in [6.07, 6.45) is 8.36. The van der Waals surface area contributed by atoms with Gasteiger partial charge in [-0.05, 0) is 24.6 Å². The smallest absolute Gasteiger partial charge is 0.224 e. The van der Waals surface area contributed by atoms with Gasteiger partial charge in [-0.3, -0.25) is 0 Å². The fraction of sp³-hybridized carbons (Fsp3) is 0.125. The maximum atomic E-state index is 5.23. The third kappa shape index (κ3) is 2.94. The van der Waals surface area contributed by atoms with Crippen LogP contribution in [0.5, 0.6) is 0 Å². The number of terminal acetylenes is 1. The van der Waals surface area contributed by atoms with Crippen molar-refractivity contribution in [3.05, 3.63) is 42.4 Å². The third-order valence-electron chi connectivity index (χ3n) is 3.01. The number of hydrogen-bond acceptors (Lipinski definition) is 6. The van der Waals surface area contributed by atoms with Gasteiger partial charge < -0.3 is 10.6 Å². The van der Waals surface area contributed by atoms with Gasteiger partial charge >= 0.3 is 0 Å². The summed E-state index contributed by atoms with van der Waals surface area (Å²) in [7, 11) is 0. The van der Waals surface area contributed by atoms with Crippen molar-refractivity contribution >= 4 is 28.5 Å². The summed E-state index contributed by atoms with van der Waals surface area (Å²) in [6.45, 7) is 2.40. The van der Waals surface area contributed by atoms with Crippen LogP contribution in [0.15, 0.2) is 36.8 Å². The molecular formula is C16H14N6. The van der Waals surface area contributed by atoms with Gasteiger partial charge in [-0.25, -0.2) is 19.9 Å². The van der Waals surface area contributed by atoms with Crippen LogP contribution in [0.3, 0.4) is 0 Å². The van der Waals surface area contributed by atoms with E-state index < -0.39 is 0 Å². The van der Waals surface area contributed by atoms with Crippen molar-refractivity contribution in [1.29, 1.82) is 0 Å². The minimum Gasteiger partial charge on any atom is -0.343 e. The van der Waals surface area contributed by atoms with Gasteiger partial charge in [0, 0.05) is 5.69 Å². The predicted molar refractivity (Wildman–Crippen MR) is 86.9 cm³/mol. The highest BCUT2D eigenvalue weighted by Gasteiger charge is 2.08. The Balaban J connectivity index is 1.99. The van der Waals surface area contributed by atoms with Crippen LogP contribution in [0.4, 0.5) is 17.5 Å². The normalized spacial score (nSPS) is 10.2. The Morgan fingerprint density at radius 1 is 1.23 bits per heavy atom. The molecule has 0 aliphatic carbocycles. The van der Waals surface area contributed by atoms with Crippen LogP contribution in [0.25, 0.3) is 11.0 Å². The summed E-state index contributed by atoms with van der Waals surface area (Å²) in [5.74, 6) is 3.56. The van der Waals surface area contributed by atoms with Crippen molar-refractivity contribution in [2.24, 2.45) is 0 Å². The van der Waals surface area contributed by atoms with E-state index in [1.54, 1.807) is 6.20 Å². The molecule has 0 spiro atoms. The molecule has 0 saturated heterocycles. The summed E-state index contributed by atoms with van der Waals surface area (Å²) >= 11 is 0. The summed E-state index contributed by atoms with van der Waals surface area (Å²) < 4.78 is 0. The number of benzene rings is 1. The largest absolute Gasteiger partial charge is 0.343 e. The number of aryl methyl sites for hydroxylation is 1. The van der Waals surface area contributed by atoms with Crippen molar-refractivity contribution in [2.75, 3.05) is 17.2 Å². The average molecular weight is 290 g/mol. The molecule has 0 saturated carbocycles. The molecule has 108 valence electrons. The molecule has 22 heavy (non-hydrogen) atoms. The lowest BCUT2D eigenvalue weighted by Gasteiger charge is -2.09. The third-order valence-corrected chi connectivity index (χ3v) is 3.01. The Kier molecular flexibility index (Phi) is 3.79. The van der Waals surface area contributed by atoms with Gasteiger partial charge in [-0.15, -0.1) is 6.42 Å². The fourth-order valence-electron chi connectivity index (χ4n) is 2.02. The molecule has 0 radical (unpaired) electrons. The van der Waals surface area contributed by atoms with E-state index >= 15 is 0 Å². The Hall–Kier alpha value is -3.20. The average Bonchev–Trinajstić information content (AvgIpc) is 2.53. The lowest BCUT2D eigenvalue weighted by Crippen LogP contribution is -2.05. The van der Waals surface area contributed by atoms with Crippen LogP contribution in [-0.2, 0) is 0 Å². The van der Waals surface area contributed by atoms with Crippen molar-refractivity contribution in [1.82, 2.24) is 19.9 Å². The SMILES string of the molecule is C#CCNc1ncc2ncnc(Nc3cccc(C)c3)c2n1. The molecule has 0 bridgehead atoms. The van der Waals surface area contributed by atoms with Crippen LogP contribution in [0.1, 0.15) is 5.56 Å². The van der Waals surface area contributed by atoms with Gasteiger partial charge in [-0.1, -0.05) is 18.1 Å². The molecule has 3 rings (SSSR count). The number of nitrogens with zero attached hydrogens (tertiary/aromatic N) is 4. The van der Waals surface area contributed by atoms with Gasteiger partial charge in [0.15, 0.2) is 5.82 Å². The second kappa shape index (κ2) is 6.06. The van der Waals surface area contributed by atoms with E-state index in [2.05, 4.69) is 36.5 Å². The van der Waals surface area contributed by atoms with Gasteiger partial charge in [0.2, 0.25) is 5.95 Å². The van der Waals surface area contributed by atoms with Crippen molar-refractivity contribution in [3.8, 4) is 12.3 Å². The zero-order valence-corrected chi connectivity index (χ0v) is 12.0. The second-order valence-corrected chi connectivity index (χ2v) is 4.70. The second-order valence-electron chi connectivity index (χ2n) is 4.70. The van der Waals surface area contributed by atoms with Crippen LogP contribution >= 0.6 is 0 Å². The lowest BCUT2D eigenvalue weighted by molar-refractivity contribution is 1.12. The molecule has 2 N–H and O–H groups in total. The number of anilines is 3. The van der Waals surface area contributed by atoms with Gasteiger partial charge in [0.05, 0.1) is 12.7 Å². The van der Waals surface area contributed by atoms with E-state index in [0.29, 0.717) is 29.3 Å². The minimum absolute atomic E-state index is 0.361. The Morgan fingerprint density at radius 3 is 2.95 bits per heavy atom. The van der Waals surface area contributed by atoms with E-state index in [9.17, 15) is 0 Å². The molecule has 2 aromatic heterocycles. The molecule has 0 aliphatic rings. The molecule has 6 nitrogen and oxygen atoms in total. The van der Waals surface area contributed by atoms with E-state index in [0.717, 1.165) is 11.3 Å². The van der Waals surface area contributed by atoms with Crippen LogP contribution in [-0.4, -0.2) is 26.5 Å². The van der Waals surface area contributed by atoms with Crippen molar-refractivity contribution in [2.45, 2.75) is 6.92 Å². The lowest BCUT2D eigenvalue weighted by atomic mass is 10.2. The Morgan fingerprint density at radius 2 is 2.14 bits per heavy atom. The Bertz CT molecular complexity index is 853. The summed E-state index contributed by atoms with van der Waals surface area (Å²) in [4.78, 5) is 17.0. The Labute approximate surface area is 128 Å². The zero-order valence-electron chi connectivity index (χ0n) is 12.0. The first-order valence-corrected chi connectivity index (χ1v) is 6.75. The van der Waals surface area contributed by atoms with E-state index in [4.69, 9.17) is 6.42 Å². The van der Waals surface area contributed by atoms with E-state index in [1.165, 1.54) is 6.33 Å². The van der Waals surface area contributed by atoms with Crippen molar-refractivity contribution in [3.63, 3.8) is 0 Å². The number of rotatable bonds is 4. The molecule has 3 aromatic rings. The maximum Gasteiger partial charge on any atom is 0.224 e. The zero-order chi connectivity index (χ0) is 15.4. The highest BCUT2D eigenvalue weighted by molar-refractivity contribution is 5.87. The standard InChI is InChI=1S/C16H14N6/c1-3-7-17-16-18-9-13-14(22-16)15(20-10-19-13)21-12-6-4-5-11(2)8-12/h1,4-6,8-10H,7H2,2H3,(H,17,18,22)(H,19,20,21).